The number of hydrogen-bond donors (Lipinski definition) is 0. The summed E-state index contributed by atoms with van der Waals surface area (Å²) in [5, 5.41) is 0.470. The van der Waals surface area contributed by atoms with Crippen LogP contribution in [0.2, 0.25) is 0 Å². The first-order chi connectivity index (χ1) is 14.4. The van der Waals surface area contributed by atoms with Crippen molar-refractivity contribution in [3.63, 3.8) is 0 Å². The highest BCUT2D eigenvalue weighted by Gasteiger charge is 2.36. The summed E-state index contributed by atoms with van der Waals surface area (Å²) < 4.78 is 32.7. The van der Waals surface area contributed by atoms with Gasteiger partial charge in [0, 0.05) is 29.6 Å². The van der Waals surface area contributed by atoms with Gasteiger partial charge < -0.3 is 14.5 Å². The second-order valence-electron chi connectivity index (χ2n) is 7.61. The summed E-state index contributed by atoms with van der Waals surface area (Å²) in [5.74, 6) is 0.797. The molecule has 3 aliphatic rings. The molecule has 0 unspecified atom stereocenters. The molecule has 0 bridgehead atoms. The average Bonchev–Trinajstić information content (AvgIpc) is 3.51. The van der Waals surface area contributed by atoms with Crippen molar-refractivity contribution in [1.29, 1.82) is 0 Å². The van der Waals surface area contributed by atoms with Gasteiger partial charge in [0.2, 0.25) is 0 Å². The Bertz CT molecular complexity index is 1140. The Labute approximate surface area is 179 Å². The lowest BCUT2D eigenvalue weighted by Crippen LogP contribution is -2.35. The molecule has 1 amide bonds. The van der Waals surface area contributed by atoms with E-state index in [9.17, 15) is 13.2 Å². The summed E-state index contributed by atoms with van der Waals surface area (Å²) in [4.78, 5) is 18.0. The molecule has 0 saturated heterocycles. The third-order valence-corrected chi connectivity index (χ3v) is 7.79. The molecule has 9 heteroatoms. The van der Waals surface area contributed by atoms with Crippen LogP contribution in [0.1, 0.15) is 28.8 Å². The van der Waals surface area contributed by atoms with Crippen molar-refractivity contribution in [2.45, 2.75) is 30.3 Å². The van der Waals surface area contributed by atoms with E-state index in [4.69, 9.17) is 4.74 Å². The smallest absolute Gasteiger partial charge is 0.257 e. The van der Waals surface area contributed by atoms with Crippen molar-refractivity contribution in [2.75, 3.05) is 24.3 Å². The van der Waals surface area contributed by atoms with Crippen LogP contribution in [-0.2, 0) is 16.6 Å². The largest absolute Gasteiger partial charge is 0.497 e. The maximum absolute atomic E-state index is 13.3. The van der Waals surface area contributed by atoms with E-state index in [1.807, 2.05) is 52.3 Å². The lowest BCUT2D eigenvalue weighted by Gasteiger charge is -2.24. The molecule has 0 aromatic heterocycles. The van der Waals surface area contributed by atoms with Crippen molar-refractivity contribution in [1.82, 2.24) is 4.90 Å². The number of nitrogens with zero attached hydrogens (tertiary/aromatic N) is 3. The highest BCUT2D eigenvalue weighted by molar-refractivity contribution is 8.15. The maximum Gasteiger partial charge on any atom is 0.257 e. The predicted molar refractivity (Wildman–Crippen MR) is 117 cm³/mol. The van der Waals surface area contributed by atoms with E-state index in [1.54, 1.807) is 7.11 Å². The Morgan fingerprint density at radius 2 is 2.00 bits per heavy atom. The highest BCUT2D eigenvalue weighted by atomic mass is 32.2. The molecule has 0 atom stereocenters. The van der Waals surface area contributed by atoms with Crippen LogP contribution in [0.4, 0.5) is 5.69 Å². The van der Waals surface area contributed by atoms with Crippen LogP contribution in [0, 0.1) is 0 Å². The summed E-state index contributed by atoms with van der Waals surface area (Å²) in [6.07, 6.45) is 2.04. The molecule has 0 N–H and O–H groups in total. The van der Waals surface area contributed by atoms with E-state index in [2.05, 4.69) is 4.40 Å². The predicted octanol–water partition coefficient (Wildman–Crippen LogP) is 3.11. The van der Waals surface area contributed by atoms with E-state index in [1.165, 1.54) is 11.8 Å². The minimum atomic E-state index is -3.40. The molecule has 7 nitrogen and oxygen atoms in total. The van der Waals surface area contributed by atoms with Crippen LogP contribution < -0.4 is 9.64 Å². The Morgan fingerprint density at radius 1 is 1.23 bits per heavy atom. The molecule has 2 aromatic carbocycles. The number of methoxy groups -OCH3 is 1. The number of thioether (sulfide) groups is 1. The first kappa shape index (κ1) is 19.4. The fourth-order valence-corrected chi connectivity index (χ4v) is 6.01. The molecule has 2 aromatic rings. The van der Waals surface area contributed by atoms with Crippen LogP contribution in [0.15, 0.2) is 51.8 Å². The lowest BCUT2D eigenvalue weighted by molar-refractivity contribution is 0.0729. The van der Waals surface area contributed by atoms with Gasteiger partial charge in [-0.1, -0.05) is 12.1 Å². The van der Waals surface area contributed by atoms with E-state index in [-0.39, 0.29) is 17.7 Å². The number of carbonyl (C=O) groups is 1. The number of amidine groups is 1. The average molecular weight is 444 g/mol. The fourth-order valence-electron chi connectivity index (χ4n) is 3.71. The Hall–Kier alpha value is -2.52. The number of ether oxygens (including phenoxy) is 1. The van der Waals surface area contributed by atoms with E-state index in [0.29, 0.717) is 23.8 Å². The monoisotopic (exact) mass is 443 g/mol. The minimum absolute atomic E-state index is 0.00356. The molecule has 0 radical (unpaired) electrons. The van der Waals surface area contributed by atoms with Gasteiger partial charge in [-0.3, -0.25) is 4.79 Å². The molecule has 2 heterocycles. The van der Waals surface area contributed by atoms with Gasteiger partial charge in [-0.15, -0.1) is 4.40 Å². The summed E-state index contributed by atoms with van der Waals surface area (Å²) in [6, 6.07) is 13.6. The van der Waals surface area contributed by atoms with Crippen LogP contribution in [-0.4, -0.2) is 49.8 Å². The van der Waals surface area contributed by atoms with Crippen LogP contribution in [0.25, 0.3) is 0 Å². The molecule has 156 valence electrons. The van der Waals surface area contributed by atoms with Gasteiger partial charge in [-0.25, -0.2) is 8.42 Å². The highest BCUT2D eigenvalue weighted by Crippen LogP contribution is 2.42. The minimum Gasteiger partial charge on any atom is -0.497 e. The van der Waals surface area contributed by atoms with Crippen molar-refractivity contribution in [2.24, 2.45) is 4.40 Å². The SMILES string of the molecule is COc1ccc(CN(C(=O)c2ccc3c(c2)SC2=NS(=O)(=O)CCN23)C2CC2)cc1. The number of sulfonamides is 1. The topological polar surface area (TPSA) is 79.3 Å². The number of hydrogen-bond acceptors (Lipinski definition) is 6. The van der Waals surface area contributed by atoms with E-state index < -0.39 is 10.0 Å². The van der Waals surface area contributed by atoms with Crippen LogP contribution >= 0.6 is 11.8 Å². The van der Waals surface area contributed by atoms with Gasteiger partial charge >= 0.3 is 0 Å². The van der Waals surface area contributed by atoms with E-state index in [0.717, 1.165) is 34.7 Å². The molecule has 2 aliphatic heterocycles. The molecule has 0 spiro atoms. The lowest BCUT2D eigenvalue weighted by atomic mass is 10.1. The standard InChI is InChI=1S/C21H21N3O4S2/c1-28-17-7-2-14(3-8-17)13-24(16-5-6-16)20(25)15-4-9-18-19(12-15)29-21-22-30(26,27)11-10-23(18)21/h2-4,7-9,12,16H,5-6,10-11,13H2,1H3. The third kappa shape index (κ3) is 3.67. The normalized spacial score (nSPS) is 19.0. The zero-order valence-corrected chi connectivity index (χ0v) is 18.1. The Balaban J connectivity index is 1.39. The van der Waals surface area contributed by atoms with Crippen molar-refractivity contribution < 1.29 is 17.9 Å². The van der Waals surface area contributed by atoms with Crippen molar-refractivity contribution in [3.8, 4) is 5.75 Å². The molecule has 1 fully saturated rings. The third-order valence-electron chi connectivity index (χ3n) is 5.48. The van der Waals surface area contributed by atoms with E-state index >= 15 is 0 Å². The zero-order valence-electron chi connectivity index (χ0n) is 16.4. The van der Waals surface area contributed by atoms with Gasteiger partial charge in [0.15, 0.2) is 5.17 Å². The van der Waals surface area contributed by atoms with Crippen LogP contribution in [0.3, 0.4) is 0 Å². The second kappa shape index (κ2) is 7.31. The quantitative estimate of drug-likeness (QED) is 0.707. The number of carbonyl (C=O) groups excluding carboxylic acids is 1. The summed E-state index contributed by atoms with van der Waals surface area (Å²) in [7, 11) is -1.76. The van der Waals surface area contributed by atoms with Gasteiger partial charge in [-0.05, 0) is 60.5 Å². The summed E-state index contributed by atoms with van der Waals surface area (Å²) >= 11 is 1.31. The fraction of sp³-hybridized carbons (Fsp3) is 0.333. The number of anilines is 1. The first-order valence-corrected chi connectivity index (χ1v) is 12.2. The Morgan fingerprint density at radius 3 is 2.70 bits per heavy atom. The molecule has 1 saturated carbocycles. The van der Waals surface area contributed by atoms with Crippen LogP contribution in [0.5, 0.6) is 5.75 Å². The van der Waals surface area contributed by atoms with Gasteiger partial charge in [0.1, 0.15) is 5.75 Å². The molecular weight excluding hydrogens is 422 g/mol. The summed E-state index contributed by atoms with van der Waals surface area (Å²) in [5.41, 5.74) is 2.59. The number of fused-ring (bicyclic) bond motifs is 3. The second-order valence-corrected chi connectivity index (χ2v) is 10.4. The van der Waals surface area contributed by atoms with Crippen molar-refractivity contribution in [3.05, 3.63) is 53.6 Å². The first-order valence-electron chi connectivity index (χ1n) is 9.79. The Kier molecular flexibility index (Phi) is 4.74. The van der Waals surface area contributed by atoms with Gasteiger partial charge in [-0.2, -0.15) is 0 Å². The molecule has 30 heavy (non-hydrogen) atoms. The maximum atomic E-state index is 13.3. The number of amides is 1. The zero-order chi connectivity index (χ0) is 20.9. The molecule has 1 aliphatic carbocycles. The van der Waals surface area contributed by atoms with Gasteiger partial charge in [0.25, 0.3) is 15.9 Å². The number of rotatable bonds is 5. The van der Waals surface area contributed by atoms with Crippen molar-refractivity contribution >= 4 is 38.5 Å². The van der Waals surface area contributed by atoms with Gasteiger partial charge in [0.05, 0.1) is 18.6 Å². The summed E-state index contributed by atoms with van der Waals surface area (Å²) in [6.45, 7) is 0.939. The molecular formula is C21H21N3O4S2. The number of benzene rings is 2. The molecule has 5 rings (SSSR count).